The van der Waals surface area contributed by atoms with Gasteiger partial charge in [-0.2, -0.15) is 11.8 Å². The van der Waals surface area contributed by atoms with Crippen LogP contribution in [-0.4, -0.2) is 25.2 Å². The summed E-state index contributed by atoms with van der Waals surface area (Å²) in [6.45, 7) is 0.751. The summed E-state index contributed by atoms with van der Waals surface area (Å²) in [4.78, 5) is 0. The average molecular weight is 223 g/mol. The lowest BCUT2D eigenvalue weighted by Crippen LogP contribution is -2.01. The summed E-state index contributed by atoms with van der Waals surface area (Å²) in [6, 6.07) is 8.02. The van der Waals surface area contributed by atoms with Gasteiger partial charge < -0.3 is 10.5 Å². The minimum Gasteiger partial charge on any atom is -0.497 e. The van der Waals surface area contributed by atoms with Crippen molar-refractivity contribution in [1.29, 1.82) is 0 Å². The summed E-state index contributed by atoms with van der Waals surface area (Å²) in [7, 11) is 1.67. The van der Waals surface area contributed by atoms with E-state index in [1.54, 1.807) is 7.11 Å². The van der Waals surface area contributed by atoms with Gasteiger partial charge in [0.05, 0.1) is 7.11 Å². The van der Waals surface area contributed by atoms with Gasteiger partial charge in [-0.05, 0) is 17.7 Å². The summed E-state index contributed by atoms with van der Waals surface area (Å²) in [5.74, 6) is 2.93. The number of hydrogen-bond acceptors (Lipinski definition) is 3. The first kappa shape index (κ1) is 12.1. The molecule has 0 fully saturated rings. The van der Waals surface area contributed by atoms with Crippen molar-refractivity contribution in [3.8, 4) is 5.75 Å². The minimum absolute atomic E-state index is 0.751. The predicted octanol–water partition coefficient (Wildman–Crippen LogP) is 2.40. The largest absolute Gasteiger partial charge is 0.497 e. The zero-order valence-electron chi connectivity index (χ0n) is 8.98. The van der Waals surface area contributed by atoms with Crippen LogP contribution in [0.15, 0.2) is 30.3 Å². The second-order valence-electron chi connectivity index (χ2n) is 3.04. The van der Waals surface area contributed by atoms with Gasteiger partial charge >= 0.3 is 0 Å². The maximum atomic E-state index is 5.39. The second kappa shape index (κ2) is 7.37. The molecule has 2 nitrogen and oxygen atoms in total. The molecule has 0 bridgehead atoms. The van der Waals surface area contributed by atoms with Crippen LogP contribution < -0.4 is 10.5 Å². The molecular formula is C12H17NOS. The topological polar surface area (TPSA) is 35.2 Å². The third-order valence-corrected chi connectivity index (χ3v) is 2.85. The highest BCUT2D eigenvalue weighted by atomic mass is 32.2. The Labute approximate surface area is 95.5 Å². The Bertz CT molecular complexity index is 295. The highest BCUT2D eigenvalue weighted by molar-refractivity contribution is 7.99. The third kappa shape index (κ3) is 4.91. The van der Waals surface area contributed by atoms with E-state index in [1.807, 2.05) is 36.0 Å². The lowest BCUT2D eigenvalue weighted by Gasteiger charge is -1.99. The van der Waals surface area contributed by atoms with E-state index >= 15 is 0 Å². The molecule has 3 heteroatoms. The first-order valence-corrected chi connectivity index (χ1v) is 6.10. The van der Waals surface area contributed by atoms with Crippen LogP contribution in [0.5, 0.6) is 5.75 Å². The van der Waals surface area contributed by atoms with Gasteiger partial charge in [-0.3, -0.25) is 0 Å². The van der Waals surface area contributed by atoms with E-state index in [2.05, 4.69) is 12.2 Å². The summed E-state index contributed by atoms with van der Waals surface area (Å²) >= 11 is 1.84. The third-order valence-electron chi connectivity index (χ3n) is 1.90. The summed E-state index contributed by atoms with van der Waals surface area (Å²) in [6.07, 6.45) is 4.27. The van der Waals surface area contributed by atoms with Crippen molar-refractivity contribution in [2.75, 3.05) is 25.2 Å². The fourth-order valence-corrected chi connectivity index (χ4v) is 1.70. The van der Waals surface area contributed by atoms with E-state index in [4.69, 9.17) is 10.5 Å². The molecule has 0 aromatic heterocycles. The van der Waals surface area contributed by atoms with Crippen molar-refractivity contribution >= 4 is 17.8 Å². The van der Waals surface area contributed by atoms with Crippen LogP contribution in [-0.2, 0) is 0 Å². The molecule has 2 N–H and O–H groups in total. The molecule has 0 unspecified atom stereocenters. The normalized spacial score (nSPS) is 10.8. The van der Waals surface area contributed by atoms with Crippen LogP contribution in [0, 0.1) is 0 Å². The maximum Gasteiger partial charge on any atom is 0.118 e. The molecule has 0 spiro atoms. The number of nitrogens with two attached hydrogens (primary N) is 1. The first-order chi connectivity index (χ1) is 7.36. The van der Waals surface area contributed by atoms with Crippen molar-refractivity contribution < 1.29 is 4.74 Å². The molecular weight excluding hydrogens is 206 g/mol. The molecule has 1 rings (SSSR count). The van der Waals surface area contributed by atoms with Crippen LogP contribution in [0.4, 0.5) is 0 Å². The molecule has 0 atom stereocenters. The van der Waals surface area contributed by atoms with Crippen LogP contribution in [0.2, 0.25) is 0 Å². The Balaban J connectivity index is 2.36. The molecule has 0 aliphatic heterocycles. The fraction of sp³-hybridized carbons (Fsp3) is 0.333. The summed E-state index contributed by atoms with van der Waals surface area (Å²) in [5, 5.41) is 0. The predicted molar refractivity (Wildman–Crippen MR) is 68.4 cm³/mol. The molecule has 82 valence electrons. The molecule has 0 amide bonds. The zero-order valence-corrected chi connectivity index (χ0v) is 9.80. The first-order valence-electron chi connectivity index (χ1n) is 4.95. The maximum absolute atomic E-state index is 5.39. The molecule has 0 aliphatic carbocycles. The smallest absolute Gasteiger partial charge is 0.118 e. The monoisotopic (exact) mass is 223 g/mol. The molecule has 15 heavy (non-hydrogen) atoms. The van der Waals surface area contributed by atoms with Gasteiger partial charge in [0.15, 0.2) is 0 Å². The number of hydrogen-bond donors (Lipinski definition) is 1. The van der Waals surface area contributed by atoms with Gasteiger partial charge in [0.1, 0.15) is 5.75 Å². The van der Waals surface area contributed by atoms with E-state index in [0.717, 1.165) is 23.8 Å². The Morgan fingerprint density at radius 3 is 2.67 bits per heavy atom. The number of rotatable bonds is 6. The van der Waals surface area contributed by atoms with Crippen LogP contribution >= 0.6 is 11.8 Å². The Morgan fingerprint density at radius 1 is 1.33 bits per heavy atom. The van der Waals surface area contributed by atoms with Crippen molar-refractivity contribution in [3.05, 3.63) is 35.9 Å². The van der Waals surface area contributed by atoms with E-state index < -0.39 is 0 Å². The van der Waals surface area contributed by atoms with Crippen molar-refractivity contribution in [1.82, 2.24) is 0 Å². The molecule has 0 aliphatic rings. The number of ether oxygens (including phenoxy) is 1. The van der Waals surface area contributed by atoms with Crippen LogP contribution in [0.1, 0.15) is 5.56 Å². The van der Waals surface area contributed by atoms with Crippen molar-refractivity contribution in [2.24, 2.45) is 5.73 Å². The lowest BCUT2D eigenvalue weighted by atomic mass is 10.2. The number of methoxy groups -OCH3 is 1. The Morgan fingerprint density at radius 2 is 2.07 bits per heavy atom. The van der Waals surface area contributed by atoms with Gasteiger partial charge in [0.25, 0.3) is 0 Å². The lowest BCUT2D eigenvalue weighted by molar-refractivity contribution is 0.415. The van der Waals surface area contributed by atoms with Gasteiger partial charge in [-0.1, -0.05) is 24.3 Å². The highest BCUT2D eigenvalue weighted by Gasteiger charge is 1.89. The number of thioether (sulfide) groups is 1. The van der Waals surface area contributed by atoms with Crippen LogP contribution in [0.25, 0.3) is 6.08 Å². The van der Waals surface area contributed by atoms with E-state index in [-0.39, 0.29) is 0 Å². The standard InChI is InChI=1S/C12H17NOS/c1-14-12-6-4-11(5-7-12)3-2-9-15-10-8-13/h2-7H,8-10,13H2,1H3. The SMILES string of the molecule is COc1ccc(C=CCSCCN)cc1. The van der Waals surface area contributed by atoms with E-state index in [9.17, 15) is 0 Å². The quantitative estimate of drug-likeness (QED) is 0.752. The molecule has 0 saturated heterocycles. The fourth-order valence-electron chi connectivity index (χ4n) is 1.13. The van der Waals surface area contributed by atoms with Gasteiger partial charge in [0.2, 0.25) is 0 Å². The molecule has 0 radical (unpaired) electrons. The second-order valence-corrected chi connectivity index (χ2v) is 4.19. The summed E-state index contributed by atoms with van der Waals surface area (Å²) in [5.41, 5.74) is 6.59. The highest BCUT2D eigenvalue weighted by Crippen LogP contribution is 2.12. The van der Waals surface area contributed by atoms with E-state index in [1.165, 1.54) is 5.56 Å². The molecule has 0 saturated carbocycles. The van der Waals surface area contributed by atoms with Crippen molar-refractivity contribution in [2.45, 2.75) is 0 Å². The molecule has 1 aromatic carbocycles. The zero-order chi connectivity index (χ0) is 10.9. The molecule has 1 aromatic rings. The Hall–Kier alpha value is -0.930. The van der Waals surface area contributed by atoms with E-state index in [0.29, 0.717) is 0 Å². The Kier molecular flexibility index (Phi) is 5.97. The number of benzene rings is 1. The van der Waals surface area contributed by atoms with Gasteiger partial charge in [0, 0.05) is 18.1 Å². The average Bonchev–Trinajstić information content (AvgIpc) is 2.30. The summed E-state index contributed by atoms with van der Waals surface area (Å²) < 4.78 is 5.08. The van der Waals surface area contributed by atoms with Crippen LogP contribution in [0.3, 0.4) is 0 Å². The minimum atomic E-state index is 0.751. The van der Waals surface area contributed by atoms with Gasteiger partial charge in [-0.15, -0.1) is 0 Å². The van der Waals surface area contributed by atoms with Gasteiger partial charge in [-0.25, -0.2) is 0 Å². The van der Waals surface area contributed by atoms with Crippen molar-refractivity contribution in [3.63, 3.8) is 0 Å². The molecule has 0 heterocycles.